The Hall–Kier alpha value is -1.95. The Morgan fingerprint density at radius 1 is 1.38 bits per heavy atom. The Labute approximate surface area is 123 Å². The molecular weight excluding hydrogens is 270 g/mol. The van der Waals surface area contributed by atoms with E-state index in [-0.39, 0.29) is 12.5 Å². The summed E-state index contributed by atoms with van der Waals surface area (Å²) in [5, 5.41) is 13.7. The van der Waals surface area contributed by atoms with E-state index in [9.17, 15) is 9.90 Å². The second kappa shape index (κ2) is 6.67. The topological polar surface area (TPSA) is 79.5 Å². The lowest BCUT2D eigenvalue weighted by Crippen LogP contribution is -2.34. The van der Waals surface area contributed by atoms with Crippen LogP contribution in [0, 0.1) is 13.8 Å². The minimum atomic E-state index is -0.112. The number of aryl methyl sites for hydroxylation is 2. The molecule has 0 aromatic carbocycles. The average Bonchev–Trinajstić information content (AvgIpc) is 2.83. The van der Waals surface area contributed by atoms with Crippen LogP contribution in [0.1, 0.15) is 41.5 Å². The van der Waals surface area contributed by atoms with E-state index in [1.165, 1.54) is 0 Å². The van der Waals surface area contributed by atoms with E-state index in [1.807, 2.05) is 6.92 Å². The third-order valence-electron chi connectivity index (χ3n) is 3.41. The maximum atomic E-state index is 12.8. The molecule has 0 fully saturated rings. The number of fused-ring (bicyclic) bond motifs is 1. The normalized spacial score (nSPS) is 11.0. The molecule has 1 amide bonds. The summed E-state index contributed by atoms with van der Waals surface area (Å²) in [7, 11) is 0. The van der Waals surface area contributed by atoms with Crippen LogP contribution in [0.2, 0.25) is 0 Å². The number of hydrogen-bond acceptors (Lipinski definition) is 5. The lowest BCUT2D eigenvalue weighted by Gasteiger charge is -2.22. The molecule has 0 atom stereocenters. The van der Waals surface area contributed by atoms with Crippen molar-refractivity contribution in [3.8, 4) is 0 Å². The lowest BCUT2D eigenvalue weighted by atomic mass is 10.1. The fraction of sp³-hybridized carbons (Fsp3) is 0.533. The maximum Gasteiger partial charge on any atom is 0.258 e. The third-order valence-corrected chi connectivity index (χ3v) is 3.41. The molecule has 2 aromatic rings. The summed E-state index contributed by atoms with van der Waals surface area (Å²) in [5.74, 6) is -0.112. The highest BCUT2D eigenvalue weighted by Crippen LogP contribution is 2.23. The van der Waals surface area contributed by atoms with Gasteiger partial charge in [0.1, 0.15) is 0 Å². The molecule has 2 rings (SSSR count). The highest BCUT2D eigenvalue weighted by atomic mass is 16.5. The highest BCUT2D eigenvalue weighted by molar-refractivity contribution is 6.06. The van der Waals surface area contributed by atoms with Crippen molar-refractivity contribution in [1.82, 2.24) is 15.0 Å². The zero-order chi connectivity index (χ0) is 15.4. The van der Waals surface area contributed by atoms with Gasteiger partial charge < -0.3 is 14.5 Å². The molecule has 114 valence electrons. The number of nitrogens with zero attached hydrogens (tertiary/aromatic N) is 3. The fourth-order valence-corrected chi connectivity index (χ4v) is 2.34. The van der Waals surface area contributed by atoms with E-state index in [0.717, 1.165) is 12.8 Å². The van der Waals surface area contributed by atoms with Crippen molar-refractivity contribution < 1.29 is 14.4 Å². The van der Waals surface area contributed by atoms with Gasteiger partial charge in [-0.05, 0) is 26.3 Å². The van der Waals surface area contributed by atoms with Crippen molar-refractivity contribution in [1.29, 1.82) is 0 Å². The number of unbranched alkanes of at least 4 members (excludes halogenated alkanes) is 1. The van der Waals surface area contributed by atoms with E-state index >= 15 is 0 Å². The van der Waals surface area contributed by atoms with E-state index in [1.54, 1.807) is 17.9 Å². The van der Waals surface area contributed by atoms with Gasteiger partial charge in [-0.2, -0.15) is 0 Å². The van der Waals surface area contributed by atoms with Gasteiger partial charge in [-0.3, -0.25) is 4.79 Å². The Kier molecular flexibility index (Phi) is 4.90. The fourth-order valence-electron chi connectivity index (χ4n) is 2.34. The third kappa shape index (κ3) is 3.21. The molecule has 0 aliphatic heterocycles. The van der Waals surface area contributed by atoms with Crippen LogP contribution in [0.15, 0.2) is 10.6 Å². The molecule has 2 heterocycles. The van der Waals surface area contributed by atoms with Crippen LogP contribution in [0.4, 0.5) is 0 Å². The van der Waals surface area contributed by atoms with Gasteiger partial charge in [0.25, 0.3) is 11.6 Å². The molecule has 0 aliphatic rings. The number of hydrogen-bond donors (Lipinski definition) is 1. The van der Waals surface area contributed by atoms with Crippen molar-refractivity contribution in [2.24, 2.45) is 0 Å². The summed E-state index contributed by atoms with van der Waals surface area (Å²) in [4.78, 5) is 18.7. The van der Waals surface area contributed by atoms with Crippen molar-refractivity contribution >= 4 is 17.0 Å². The summed E-state index contributed by atoms with van der Waals surface area (Å²) in [6.45, 7) is 6.58. The van der Waals surface area contributed by atoms with Gasteiger partial charge in [-0.15, -0.1) is 0 Å². The number of aliphatic hydroxyl groups excluding tert-OH is 1. The predicted molar refractivity (Wildman–Crippen MR) is 79.2 cm³/mol. The molecule has 0 unspecified atom stereocenters. The largest absolute Gasteiger partial charge is 0.395 e. The number of amides is 1. The second-order valence-electron chi connectivity index (χ2n) is 5.13. The summed E-state index contributed by atoms with van der Waals surface area (Å²) < 4.78 is 5.16. The molecule has 0 saturated heterocycles. The van der Waals surface area contributed by atoms with Crippen LogP contribution in [0.25, 0.3) is 11.1 Å². The minimum Gasteiger partial charge on any atom is -0.395 e. The van der Waals surface area contributed by atoms with Gasteiger partial charge >= 0.3 is 0 Å². The van der Waals surface area contributed by atoms with Gasteiger partial charge in [0.05, 0.1) is 23.3 Å². The van der Waals surface area contributed by atoms with Gasteiger partial charge in [-0.25, -0.2) is 4.98 Å². The lowest BCUT2D eigenvalue weighted by molar-refractivity contribution is 0.0721. The molecule has 1 N–H and O–H groups in total. The van der Waals surface area contributed by atoms with Crippen molar-refractivity contribution in [2.75, 3.05) is 19.7 Å². The first-order valence-corrected chi connectivity index (χ1v) is 7.22. The summed E-state index contributed by atoms with van der Waals surface area (Å²) in [6.07, 6.45) is 1.90. The zero-order valence-corrected chi connectivity index (χ0v) is 12.7. The molecule has 0 bridgehead atoms. The van der Waals surface area contributed by atoms with Gasteiger partial charge in [0, 0.05) is 18.8 Å². The van der Waals surface area contributed by atoms with Crippen molar-refractivity contribution in [3.05, 3.63) is 23.0 Å². The number of pyridine rings is 1. The van der Waals surface area contributed by atoms with Crippen LogP contribution in [-0.2, 0) is 0 Å². The van der Waals surface area contributed by atoms with E-state index < -0.39 is 0 Å². The second-order valence-corrected chi connectivity index (χ2v) is 5.13. The standard InChI is InChI=1S/C15H21N3O3/c1-4-5-6-18(7-8-19)15(20)12-9-10(2)16-14-13(12)11(3)17-21-14/h9,19H,4-8H2,1-3H3. The molecule has 2 aromatic heterocycles. The zero-order valence-electron chi connectivity index (χ0n) is 12.7. The molecular formula is C15H21N3O3. The first-order valence-electron chi connectivity index (χ1n) is 7.22. The number of aromatic nitrogens is 2. The Morgan fingerprint density at radius 3 is 2.81 bits per heavy atom. The Bertz CT molecular complexity index is 636. The number of carbonyl (C=O) groups is 1. The van der Waals surface area contributed by atoms with Gasteiger partial charge in [0.2, 0.25) is 0 Å². The quantitative estimate of drug-likeness (QED) is 0.881. The van der Waals surface area contributed by atoms with Crippen LogP contribution in [-0.4, -0.2) is 45.8 Å². The number of carbonyl (C=O) groups excluding carboxylic acids is 1. The van der Waals surface area contributed by atoms with E-state index in [2.05, 4.69) is 17.1 Å². The predicted octanol–water partition coefficient (Wildman–Crippen LogP) is 2.07. The SMILES string of the molecule is CCCCN(CCO)C(=O)c1cc(C)nc2onc(C)c12. The molecule has 6 heteroatoms. The van der Waals surface area contributed by atoms with Crippen LogP contribution < -0.4 is 0 Å². The monoisotopic (exact) mass is 291 g/mol. The Morgan fingerprint density at radius 2 is 2.14 bits per heavy atom. The Balaban J connectivity index is 2.43. The molecule has 6 nitrogen and oxygen atoms in total. The molecule has 0 saturated carbocycles. The van der Waals surface area contributed by atoms with Crippen LogP contribution >= 0.6 is 0 Å². The molecule has 21 heavy (non-hydrogen) atoms. The summed E-state index contributed by atoms with van der Waals surface area (Å²) in [5.41, 5.74) is 2.29. The molecule has 0 spiro atoms. The van der Waals surface area contributed by atoms with Crippen molar-refractivity contribution in [2.45, 2.75) is 33.6 Å². The minimum absolute atomic E-state index is 0.0503. The first kappa shape index (κ1) is 15.4. The van der Waals surface area contributed by atoms with Crippen LogP contribution in [0.3, 0.4) is 0 Å². The molecule has 0 aliphatic carbocycles. The summed E-state index contributed by atoms with van der Waals surface area (Å²) in [6, 6.07) is 1.76. The maximum absolute atomic E-state index is 12.8. The van der Waals surface area contributed by atoms with E-state index in [0.29, 0.717) is 41.1 Å². The summed E-state index contributed by atoms with van der Waals surface area (Å²) >= 11 is 0. The number of rotatable bonds is 6. The van der Waals surface area contributed by atoms with Gasteiger partial charge in [0.15, 0.2) is 0 Å². The smallest absolute Gasteiger partial charge is 0.258 e. The first-order chi connectivity index (χ1) is 10.1. The van der Waals surface area contributed by atoms with E-state index in [4.69, 9.17) is 4.52 Å². The highest BCUT2D eigenvalue weighted by Gasteiger charge is 2.22. The number of aliphatic hydroxyl groups is 1. The van der Waals surface area contributed by atoms with Crippen molar-refractivity contribution in [3.63, 3.8) is 0 Å². The molecule has 0 radical (unpaired) electrons. The van der Waals surface area contributed by atoms with Crippen LogP contribution in [0.5, 0.6) is 0 Å². The van der Waals surface area contributed by atoms with Gasteiger partial charge in [-0.1, -0.05) is 18.5 Å². The average molecular weight is 291 g/mol.